The lowest BCUT2D eigenvalue weighted by molar-refractivity contribution is 0.593. The average Bonchev–Trinajstić information content (AvgIpc) is 2.02. The van der Waals surface area contributed by atoms with Crippen LogP contribution in [-0.2, 0) is 9.73 Å². The normalized spacial score (nSPS) is 14.1. The van der Waals surface area contributed by atoms with Crippen molar-refractivity contribution in [2.45, 2.75) is 4.90 Å². The minimum Gasteiger partial charge on any atom is -0.238 e. The summed E-state index contributed by atoms with van der Waals surface area (Å²) in [6.45, 7) is 6.47. The summed E-state index contributed by atoms with van der Waals surface area (Å²) in [6, 6.07) is 4.11. The second-order valence-electron chi connectivity index (χ2n) is 2.56. The van der Waals surface area contributed by atoms with E-state index in [1.165, 1.54) is 18.4 Å². The standard InChI is InChI=1S/C8H6BrFN2OS/c1-11-12-14(2,13)8-4-3-6(9)5-7(8)10/h3-5H,2H3. The molecule has 0 radical (unpaired) electrons. The molecule has 0 amide bonds. The lowest BCUT2D eigenvalue weighted by Gasteiger charge is -2.01. The zero-order chi connectivity index (χ0) is 10.8. The molecule has 1 unspecified atom stereocenters. The van der Waals surface area contributed by atoms with Crippen LogP contribution in [0.5, 0.6) is 0 Å². The number of halogens is 2. The van der Waals surface area contributed by atoms with Crippen LogP contribution in [0.4, 0.5) is 4.39 Å². The first-order valence-corrected chi connectivity index (χ1v) is 6.22. The van der Waals surface area contributed by atoms with Crippen LogP contribution < -0.4 is 0 Å². The van der Waals surface area contributed by atoms with Gasteiger partial charge in [0.05, 0.1) is 4.90 Å². The van der Waals surface area contributed by atoms with Gasteiger partial charge in [-0.3, -0.25) is 0 Å². The monoisotopic (exact) mass is 276 g/mol. The molecular formula is C8H6BrFN2OS. The van der Waals surface area contributed by atoms with Crippen LogP contribution >= 0.6 is 15.9 Å². The van der Waals surface area contributed by atoms with Gasteiger partial charge in [0.25, 0.3) is 0 Å². The first-order chi connectivity index (χ1) is 6.47. The molecule has 0 spiro atoms. The maximum atomic E-state index is 13.3. The summed E-state index contributed by atoms with van der Waals surface area (Å²) in [4.78, 5) is 2.62. The van der Waals surface area contributed by atoms with Gasteiger partial charge in [0, 0.05) is 10.7 Å². The molecule has 1 rings (SSSR count). The smallest absolute Gasteiger partial charge is 0.153 e. The minimum absolute atomic E-state index is 0.0447. The highest BCUT2D eigenvalue weighted by Gasteiger charge is 2.14. The molecule has 74 valence electrons. The molecule has 14 heavy (non-hydrogen) atoms. The van der Waals surface area contributed by atoms with Crippen molar-refractivity contribution in [3.05, 3.63) is 40.0 Å². The Morgan fingerprint density at radius 1 is 1.64 bits per heavy atom. The Balaban J connectivity index is 3.44. The summed E-state index contributed by atoms with van der Waals surface area (Å²) in [6.07, 6.45) is 1.23. The molecule has 0 fully saturated rings. The van der Waals surface area contributed by atoms with Crippen LogP contribution in [0.3, 0.4) is 0 Å². The lowest BCUT2D eigenvalue weighted by Crippen LogP contribution is -1.99. The first-order valence-electron chi connectivity index (χ1n) is 3.50. The van der Waals surface area contributed by atoms with E-state index in [0.717, 1.165) is 0 Å². The van der Waals surface area contributed by atoms with Crippen molar-refractivity contribution in [3.8, 4) is 0 Å². The predicted octanol–water partition coefficient (Wildman–Crippen LogP) is 2.88. The first kappa shape index (κ1) is 11.1. The zero-order valence-corrected chi connectivity index (χ0v) is 9.60. The molecule has 0 aliphatic heterocycles. The van der Waals surface area contributed by atoms with Crippen molar-refractivity contribution in [2.24, 2.45) is 4.47 Å². The summed E-state index contributed by atoms with van der Waals surface area (Å²) in [5.74, 6) is -0.626. The topological polar surface area (TPSA) is 33.8 Å². The van der Waals surface area contributed by atoms with Gasteiger partial charge in [-0.05, 0) is 18.2 Å². The van der Waals surface area contributed by atoms with Crippen molar-refractivity contribution in [3.63, 3.8) is 0 Å². The Morgan fingerprint density at radius 2 is 2.29 bits per heavy atom. The van der Waals surface area contributed by atoms with Gasteiger partial charge < -0.3 is 0 Å². The predicted molar refractivity (Wildman–Crippen MR) is 55.5 cm³/mol. The van der Waals surface area contributed by atoms with Crippen LogP contribution in [-0.4, -0.2) is 10.5 Å². The number of benzene rings is 1. The number of hydrogen-bond donors (Lipinski definition) is 0. The number of rotatable bonds is 1. The quantitative estimate of drug-likeness (QED) is 0.574. The van der Waals surface area contributed by atoms with E-state index < -0.39 is 15.5 Å². The highest BCUT2D eigenvalue weighted by atomic mass is 79.9. The second kappa shape index (κ2) is 4.07. The third-order valence-corrected chi connectivity index (χ3v) is 3.53. The summed E-state index contributed by atoms with van der Waals surface area (Å²) in [5, 5.41) is 0. The van der Waals surface area contributed by atoms with Crippen LogP contribution in [0.2, 0.25) is 0 Å². The Morgan fingerprint density at radius 3 is 2.79 bits per heavy atom. The van der Waals surface area contributed by atoms with E-state index in [4.69, 9.17) is 6.57 Å². The third-order valence-electron chi connectivity index (χ3n) is 1.50. The zero-order valence-electron chi connectivity index (χ0n) is 7.20. The fourth-order valence-corrected chi connectivity index (χ4v) is 2.22. The average molecular weight is 277 g/mol. The van der Waals surface area contributed by atoms with E-state index in [9.17, 15) is 8.60 Å². The second-order valence-corrected chi connectivity index (χ2v) is 5.68. The van der Waals surface area contributed by atoms with Gasteiger partial charge in [0.1, 0.15) is 10.3 Å². The fourth-order valence-electron chi connectivity index (χ4n) is 0.904. The third kappa shape index (κ3) is 2.30. The molecule has 0 heterocycles. The van der Waals surface area contributed by atoms with Crippen molar-refractivity contribution in [2.75, 3.05) is 6.26 Å². The Hall–Kier alpha value is -0.930. The molecule has 1 atom stereocenters. The molecular weight excluding hydrogens is 271 g/mol. The summed E-state index contributed by atoms with van der Waals surface area (Å²) >= 11 is 3.08. The SMILES string of the molecule is [C-]#[N+]N=S(C)(=O)c1ccc(Br)cc1F. The molecule has 1 aromatic rings. The van der Waals surface area contributed by atoms with Gasteiger partial charge in [-0.2, -0.15) is 6.57 Å². The molecule has 0 saturated heterocycles. The molecule has 0 bridgehead atoms. The van der Waals surface area contributed by atoms with E-state index in [2.05, 4.69) is 25.4 Å². The highest BCUT2D eigenvalue weighted by Crippen LogP contribution is 2.20. The van der Waals surface area contributed by atoms with Crippen LogP contribution in [0.25, 0.3) is 4.95 Å². The van der Waals surface area contributed by atoms with Gasteiger partial charge in [0.2, 0.25) is 0 Å². The molecule has 6 heteroatoms. The van der Waals surface area contributed by atoms with E-state index in [1.54, 1.807) is 6.07 Å². The van der Waals surface area contributed by atoms with Gasteiger partial charge in [-0.25, -0.2) is 8.60 Å². The molecule has 1 aromatic carbocycles. The summed E-state index contributed by atoms with van der Waals surface area (Å²) in [7, 11) is -2.93. The maximum Gasteiger partial charge on any atom is 0.153 e. The number of nitrogens with zero attached hydrogens (tertiary/aromatic N) is 2. The largest absolute Gasteiger partial charge is 0.238 e. The summed E-state index contributed by atoms with van der Waals surface area (Å²) in [5.41, 5.74) is 0. The highest BCUT2D eigenvalue weighted by molar-refractivity contribution is 9.10. The molecule has 0 aliphatic carbocycles. The van der Waals surface area contributed by atoms with Crippen LogP contribution in [0, 0.1) is 12.4 Å². The van der Waals surface area contributed by atoms with Crippen molar-refractivity contribution < 1.29 is 8.60 Å². The van der Waals surface area contributed by atoms with Gasteiger partial charge in [0.15, 0.2) is 9.73 Å². The van der Waals surface area contributed by atoms with E-state index in [1.807, 2.05) is 0 Å². The minimum atomic E-state index is -2.93. The van der Waals surface area contributed by atoms with E-state index >= 15 is 0 Å². The Kier molecular flexibility index (Phi) is 3.24. The molecule has 3 nitrogen and oxygen atoms in total. The van der Waals surface area contributed by atoms with Crippen LogP contribution in [0.15, 0.2) is 32.0 Å². The van der Waals surface area contributed by atoms with Gasteiger partial charge >= 0.3 is 0 Å². The lowest BCUT2D eigenvalue weighted by atomic mass is 10.3. The van der Waals surface area contributed by atoms with Crippen molar-refractivity contribution in [1.29, 1.82) is 0 Å². The van der Waals surface area contributed by atoms with Gasteiger partial charge in [-0.1, -0.05) is 15.9 Å². The molecule has 0 saturated carbocycles. The van der Waals surface area contributed by atoms with Crippen molar-refractivity contribution in [1.82, 2.24) is 0 Å². The number of hydrogen-bond acceptors (Lipinski definition) is 2. The molecule has 0 N–H and O–H groups in total. The van der Waals surface area contributed by atoms with E-state index in [0.29, 0.717) is 4.47 Å². The molecule has 0 aliphatic rings. The Bertz CT molecular complexity index is 515. The summed E-state index contributed by atoms with van der Waals surface area (Å²) < 4.78 is 28.7. The van der Waals surface area contributed by atoms with E-state index in [-0.39, 0.29) is 4.90 Å². The fraction of sp³-hybridized carbons (Fsp3) is 0.125. The molecule has 0 aromatic heterocycles. The van der Waals surface area contributed by atoms with Gasteiger partial charge in [-0.15, -0.1) is 4.95 Å². The van der Waals surface area contributed by atoms with Crippen LogP contribution in [0.1, 0.15) is 0 Å². The Labute approximate surface area is 90.0 Å². The van der Waals surface area contributed by atoms with Crippen molar-refractivity contribution >= 4 is 25.7 Å². The maximum absolute atomic E-state index is 13.3.